The molecule has 262 valence electrons. The van der Waals surface area contributed by atoms with E-state index in [0.717, 1.165) is 77.2 Å². The Kier molecular flexibility index (Phi) is 8.05. The van der Waals surface area contributed by atoms with Crippen LogP contribution in [0.25, 0.3) is 44.2 Å². The lowest BCUT2D eigenvalue weighted by Gasteiger charge is -2.29. The van der Waals surface area contributed by atoms with Crippen molar-refractivity contribution in [2.75, 3.05) is 4.90 Å². The molecule has 4 nitrogen and oxygen atoms in total. The fourth-order valence-electron chi connectivity index (χ4n) is 8.16. The van der Waals surface area contributed by atoms with Crippen molar-refractivity contribution in [2.24, 2.45) is 0 Å². The SMILES string of the molecule is O=P(c1ccccc1)(c1ccccc1)c1cc(N(c2ccccc2)c2ccccc2)c2c(c1)c1c3ccccc3n(-c3ccccc3)c1n2-c1ccccc1. The second-order valence-corrected chi connectivity index (χ2v) is 16.5. The number of nitrogens with zero attached hydrogens (tertiary/aromatic N) is 3. The zero-order valence-corrected chi connectivity index (χ0v) is 30.9. The number of rotatable bonds is 8. The van der Waals surface area contributed by atoms with Crippen LogP contribution in [-0.2, 0) is 4.57 Å². The van der Waals surface area contributed by atoms with E-state index in [1.54, 1.807) is 0 Å². The van der Waals surface area contributed by atoms with Crippen molar-refractivity contribution in [3.8, 4) is 11.4 Å². The Morgan fingerprint density at radius 1 is 0.400 bits per heavy atom. The molecule has 0 spiro atoms. The van der Waals surface area contributed by atoms with Gasteiger partial charge in [0, 0.05) is 54.8 Å². The van der Waals surface area contributed by atoms with Gasteiger partial charge in [-0.3, -0.25) is 9.13 Å². The summed E-state index contributed by atoms with van der Waals surface area (Å²) in [5.74, 6) is 0. The summed E-state index contributed by atoms with van der Waals surface area (Å²) in [5.41, 5.74) is 8.21. The average Bonchev–Trinajstić information content (AvgIpc) is 3.78. The first-order chi connectivity index (χ1) is 27.2. The normalized spacial score (nSPS) is 11.7. The molecular formula is C50H36N3OP. The van der Waals surface area contributed by atoms with E-state index in [1.165, 1.54) is 0 Å². The lowest BCUT2D eigenvalue weighted by molar-refractivity contribution is 0.592. The highest BCUT2D eigenvalue weighted by Crippen LogP contribution is 2.50. The van der Waals surface area contributed by atoms with Crippen molar-refractivity contribution in [3.05, 3.63) is 218 Å². The van der Waals surface area contributed by atoms with Crippen molar-refractivity contribution in [2.45, 2.75) is 0 Å². The molecule has 0 fully saturated rings. The molecule has 5 heteroatoms. The van der Waals surface area contributed by atoms with Gasteiger partial charge in [-0.1, -0.05) is 152 Å². The van der Waals surface area contributed by atoms with Crippen molar-refractivity contribution in [3.63, 3.8) is 0 Å². The van der Waals surface area contributed by atoms with Crippen LogP contribution in [0, 0.1) is 0 Å². The van der Waals surface area contributed by atoms with Gasteiger partial charge in [-0.25, -0.2) is 0 Å². The Morgan fingerprint density at radius 2 is 0.836 bits per heavy atom. The fourth-order valence-corrected chi connectivity index (χ4v) is 10.9. The Morgan fingerprint density at radius 3 is 1.36 bits per heavy atom. The summed E-state index contributed by atoms with van der Waals surface area (Å²) in [4.78, 5) is 2.32. The summed E-state index contributed by atoms with van der Waals surface area (Å²) < 4.78 is 21.2. The van der Waals surface area contributed by atoms with E-state index in [9.17, 15) is 0 Å². The van der Waals surface area contributed by atoms with Crippen LogP contribution >= 0.6 is 7.14 Å². The van der Waals surface area contributed by atoms with E-state index in [1.807, 2.05) is 72.8 Å². The van der Waals surface area contributed by atoms with E-state index >= 15 is 4.57 Å². The molecule has 0 N–H and O–H groups in total. The Labute approximate surface area is 320 Å². The maximum atomic E-state index is 16.4. The number of hydrogen-bond donors (Lipinski definition) is 0. The first kappa shape index (κ1) is 32.8. The standard InChI is InChI=1S/C50H36N3OP/c54-55(41-29-15-5-16-30-41,42-31-17-6-18-32-42)43-35-45-48-44-33-19-20-34-46(44)52(39-25-11-3-12-26-39)50(48)53(40-27-13-4-14-28-40)49(45)47(36-43)51(37-21-7-1-8-22-37)38-23-9-2-10-24-38/h1-36H. The predicted molar refractivity (Wildman–Crippen MR) is 232 cm³/mol. The molecule has 10 aromatic rings. The predicted octanol–water partition coefficient (Wildman–Crippen LogP) is 11.8. The Bertz CT molecular complexity index is 2900. The number of aromatic nitrogens is 2. The molecule has 2 heterocycles. The van der Waals surface area contributed by atoms with Gasteiger partial charge in [-0.15, -0.1) is 0 Å². The third kappa shape index (κ3) is 5.34. The smallest absolute Gasteiger partial charge is 0.171 e. The van der Waals surface area contributed by atoms with Crippen LogP contribution in [0.5, 0.6) is 0 Å². The second-order valence-electron chi connectivity index (χ2n) is 13.7. The monoisotopic (exact) mass is 725 g/mol. The van der Waals surface area contributed by atoms with Gasteiger partial charge in [-0.2, -0.15) is 0 Å². The van der Waals surface area contributed by atoms with E-state index in [4.69, 9.17) is 0 Å². The minimum Gasteiger partial charge on any atom is -0.309 e. The van der Waals surface area contributed by atoms with Crippen LogP contribution in [0.4, 0.5) is 17.1 Å². The minimum absolute atomic E-state index is 0.771. The van der Waals surface area contributed by atoms with E-state index < -0.39 is 7.14 Å². The van der Waals surface area contributed by atoms with Crippen molar-refractivity contribution < 1.29 is 4.57 Å². The molecule has 0 atom stereocenters. The molecule has 0 bridgehead atoms. The quantitative estimate of drug-likeness (QED) is 0.146. The highest BCUT2D eigenvalue weighted by atomic mass is 31.2. The van der Waals surface area contributed by atoms with Crippen LogP contribution in [0.2, 0.25) is 0 Å². The zero-order chi connectivity index (χ0) is 36.8. The van der Waals surface area contributed by atoms with Gasteiger partial charge >= 0.3 is 0 Å². The minimum atomic E-state index is -3.43. The van der Waals surface area contributed by atoms with Crippen molar-refractivity contribution in [1.82, 2.24) is 9.13 Å². The molecule has 0 amide bonds. The van der Waals surface area contributed by atoms with Crippen molar-refractivity contribution in [1.29, 1.82) is 0 Å². The number of hydrogen-bond acceptors (Lipinski definition) is 2. The molecule has 0 radical (unpaired) electrons. The summed E-state index contributed by atoms with van der Waals surface area (Å²) in [6, 6.07) is 75.2. The number of para-hydroxylation sites is 5. The van der Waals surface area contributed by atoms with Gasteiger partial charge in [-0.05, 0) is 66.7 Å². The third-order valence-electron chi connectivity index (χ3n) is 10.5. The molecule has 55 heavy (non-hydrogen) atoms. The summed E-state index contributed by atoms with van der Waals surface area (Å²) in [7, 11) is -3.43. The molecule has 0 aliphatic carbocycles. The van der Waals surface area contributed by atoms with Crippen molar-refractivity contribution >= 4 is 73.0 Å². The third-order valence-corrected chi connectivity index (χ3v) is 13.6. The summed E-state index contributed by atoms with van der Waals surface area (Å²) >= 11 is 0. The molecule has 0 unspecified atom stereocenters. The number of anilines is 3. The Hall–Kier alpha value is -6.87. The van der Waals surface area contributed by atoms with E-state index in [0.29, 0.717) is 0 Å². The maximum Gasteiger partial charge on any atom is 0.171 e. The van der Waals surface area contributed by atoms with E-state index in [-0.39, 0.29) is 0 Å². The molecule has 10 rings (SSSR count). The van der Waals surface area contributed by atoms with Crippen LogP contribution < -0.4 is 20.8 Å². The van der Waals surface area contributed by atoms with Crippen LogP contribution in [0.3, 0.4) is 0 Å². The summed E-state index contributed by atoms with van der Waals surface area (Å²) in [6.07, 6.45) is 0. The topological polar surface area (TPSA) is 30.2 Å². The Balaban J connectivity index is 1.46. The number of fused-ring (bicyclic) bond motifs is 5. The molecule has 2 aromatic heterocycles. The maximum absolute atomic E-state index is 16.4. The average molecular weight is 726 g/mol. The lowest BCUT2D eigenvalue weighted by Crippen LogP contribution is -2.26. The first-order valence-corrected chi connectivity index (χ1v) is 20.3. The van der Waals surface area contributed by atoms with Gasteiger partial charge in [0.05, 0.1) is 16.7 Å². The second kappa shape index (κ2) is 13.5. The molecule has 8 aromatic carbocycles. The summed E-state index contributed by atoms with van der Waals surface area (Å²) in [6.45, 7) is 0. The molecule has 0 saturated carbocycles. The van der Waals surface area contributed by atoms with Crippen LogP contribution in [-0.4, -0.2) is 9.13 Å². The van der Waals surface area contributed by atoms with Gasteiger partial charge in [0.15, 0.2) is 7.14 Å². The molecular weight excluding hydrogens is 690 g/mol. The van der Waals surface area contributed by atoms with Crippen LogP contribution in [0.15, 0.2) is 218 Å². The highest BCUT2D eigenvalue weighted by Gasteiger charge is 2.34. The highest BCUT2D eigenvalue weighted by molar-refractivity contribution is 7.85. The fraction of sp³-hybridized carbons (Fsp3) is 0. The van der Waals surface area contributed by atoms with Gasteiger partial charge in [0.25, 0.3) is 0 Å². The van der Waals surface area contributed by atoms with Gasteiger partial charge < -0.3 is 9.46 Å². The molecule has 0 saturated heterocycles. The van der Waals surface area contributed by atoms with Gasteiger partial charge in [0.1, 0.15) is 5.65 Å². The van der Waals surface area contributed by atoms with Gasteiger partial charge in [0.2, 0.25) is 0 Å². The lowest BCUT2D eigenvalue weighted by atomic mass is 10.1. The first-order valence-electron chi connectivity index (χ1n) is 18.6. The van der Waals surface area contributed by atoms with E-state index in [2.05, 4.69) is 160 Å². The van der Waals surface area contributed by atoms with Crippen LogP contribution in [0.1, 0.15) is 0 Å². The number of benzene rings is 8. The summed E-state index contributed by atoms with van der Waals surface area (Å²) in [5, 5.41) is 5.62. The molecule has 0 aliphatic rings. The molecule has 0 aliphatic heterocycles. The largest absolute Gasteiger partial charge is 0.309 e. The zero-order valence-electron chi connectivity index (χ0n) is 30.0.